The molecule has 2 aromatic carbocycles. The first-order valence-electron chi connectivity index (χ1n) is 8.78. The van der Waals surface area contributed by atoms with Gasteiger partial charge in [-0.25, -0.2) is 9.07 Å². The van der Waals surface area contributed by atoms with Gasteiger partial charge in [0.25, 0.3) is 0 Å². The number of carbonyl (C=O) groups excluding carboxylic acids is 1. The number of hydrogen-bond acceptors (Lipinski definition) is 5. The predicted molar refractivity (Wildman–Crippen MR) is 114 cm³/mol. The molecule has 2 heterocycles. The van der Waals surface area contributed by atoms with Gasteiger partial charge in [-0.1, -0.05) is 6.07 Å². The van der Waals surface area contributed by atoms with Crippen molar-refractivity contribution in [3.63, 3.8) is 0 Å². The van der Waals surface area contributed by atoms with Gasteiger partial charge >= 0.3 is 6.18 Å². The Morgan fingerprint density at radius 1 is 0.879 bits per heavy atom. The summed E-state index contributed by atoms with van der Waals surface area (Å²) in [6, 6.07) is 9.93. The molecule has 0 atom stereocenters. The van der Waals surface area contributed by atoms with Crippen LogP contribution < -0.4 is 0 Å². The van der Waals surface area contributed by atoms with Gasteiger partial charge in [0.15, 0.2) is 6.29 Å². The fourth-order valence-corrected chi connectivity index (χ4v) is 3.18. The van der Waals surface area contributed by atoms with Crippen LogP contribution in [0.15, 0.2) is 54.7 Å². The summed E-state index contributed by atoms with van der Waals surface area (Å²) in [6.45, 7) is 0. The standard InChI is InChI=1S/C17H10F4N2O.C3Cl3N3/c18-14-6-4-11(5-7-14)16-12(10-24)9-23(22-16)15-3-1-2-13(8-15)17(19,20)21;4-1-7-2(5)9-3(6)8-1/h1-10H;. The highest BCUT2D eigenvalue weighted by Crippen LogP contribution is 2.31. The monoisotopic (exact) mass is 517 g/mol. The molecule has 4 rings (SSSR count). The van der Waals surface area contributed by atoms with Gasteiger partial charge in [0.1, 0.15) is 11.5 Å². The lowest BCUT2D eigenvalue weighted by molar-refractivity contribution is -0.137. The molecule has 0 fully saturated rings. The van der Waals surface area contributed by atoms with Crippen molar-refractivity contribution in [3.05, 3.63) is 87.5 Å². The largest absolute Gasteiger partial charge is 0.416 e. The molecule has 4 aromatic rings. The molecule has 0 radical (unpaired) electrons. The second kappa shape index (κ2) is 10.2. The van der Waals surface area contributed by atoms with Crippen molar-refractivity contribution in [2.24, 2.45) is 0 Å². The number of halogens is 7. The third-order valence-corrected chi connectivity index (χ3v) is 4.49. The summed E-state index contributed by atoms with van der Waals surface area (Å²) in [5, 5.41) is 4.17. The molecule has 2 aromatic heterocycles. The molecule has 0 amide bonds. The van der Waals surface area contributed by atoms with Crippen LogP contribution >= 0.6 is 34.8 Å². The van der Waals surface area contributed by atoms with E-state index >= 15 is 0 Å². The van der Waals surface area contributed by atoms with Crippen LogP contribution in [-0.4, -0.2) is 31.0 Å². The average molecular weight is 519 g/mol. The van der Waals surface area contributed by atoms with Crippen LogP contribution in [-0.2, 0) is 6.18 Å². The number of aromatic nitrogens is 5. The predicted octanol–water partition coefficient (Wildman–Crippen LogP) is 6.34. The summed E-state index contributed by atoms with van der Waals surface area (Å²) in [6.07, 6.45) is -2.59. The van der Waals surface area contributed by atoms with Crippen LogP contribution in [0, 0.1) is 5.82 Å². The van der Waals surface area contributed by atoms with Crippen molar-refractivity contribution >= 4 is 41.1 Å². The molecular weight excluding hydrogens is 509 g/mol. The van der Waals surface area contributed by atoms with E-state index in [1.54, 1.807) is 0 Å². The third-order valence-electron chi connectivity index (χ3n) is 3.98. The van der Waals surface area contributed by atoms with Gasteiger partial charge in [-0.3, -0.25) is 4.79 Å². The Morgan fingerprint density at radius 3 is 1.97 bits per heavy atom. The van der Waals surface area contributed by atoms with Gasteiger partial charge in [-0.15, -0.1) is 0 Å². The second-order valence-corrected chi connectivity index (χ2v) is 7.21. The number of rotatable bonds is 3. The molecular formula is C20H10Cl3F4N5O. The third kappa shape index (κ3) is 6.47. The molecule has 0 N–H and O–H groups in total. The summed E-state index contributed by atoms with van der Waals surface area (Å²) in [5.41, 5.74) is 0.304. The Balaban J connectivity index is 0.000000286. The summed E-state index contributed by atoms with van der Waals surface area (Å²) < 4.78 is 52.6. The van der Waals surface area contributed by atoms with Gasteiger partial charge in [0.2, 0.25) is 15.9 Å². The topological polar surface area (TPSA) is 73.6 Å². The van der Waals surface area contributed by atoms with E-state index in [-0.39, 0.29) is 32.8 Å². The molecule has 0 bridgehead atoms. The van der Waals surface area contributed by atoms with Crippen LogP contribution in [0.5, 0.6) is 0 Å². The number of benzene rings is 2. The second-order valence-electron chi connectivity index (χ2n) is 6.19. The molecule has 0 saturated heterocycles. The van der Waals surface area contributed by atoms with E-state index in [9.17, 15) is 22.4 Å². The fourth-order valence-electron chi connectivity index (χ4n) is 2.57. The summed E-state index contributed by atoms with van der Waals surface area (Å²) in [4.78, 5) is 21.6. The molecule has 0 spiro atoms. The molecule has 0 aliphatic heterocycles. The molecule has 33 heavy (non-hydrogen) atoms. The Kier molecular flexibility index (Phi) is 7.62. The van der Waals surface area contributed by atoms with Crippen molar-refractivity contribution in [2.45, 2.75) is 6.18 Å². The minimum Gasteiger partial charge on any atom is -0.298 e. The molecule has 0 unspecified atom stereocenters. The minimum atomic E-state index is -4.48. The maximum absolute atomic E-state index is 13.0. The zero-order chi connectivity index (χ0) is 24.2. The highest BCUT2D eigenvalue weighted by molar-refractivity contribution is 6.33. The van der Waals surface area contributed by atoms with Gasteiger partial charge in [-0.2, -0.15) is 33.2 Å². The lowest BCUT2D eigenvalue weighted by atomic mass is 10.1. The Bertz CT molecular complexity index is 1230. The number of carbonyl (C=O) groups is 1. The zero-order valence-corrected chi connectivity index (χ0v) is 18.3. The van der Waals surface area contributed by atoms with Crippen molar-refractivity contribution in [3.8, 4) is 16.9 Å². The first-order valence-corrected chi connectivity index (χ1v) is 9.91. The van der Waals surface area contributed by atoms with Crippen LogP contribution in [0.25, 0.3) is 16.9 Å². The van der Waals surface area contributed by atoms with Gasteiger partial charge < -0.3 is 0 Å². The molecule has 170 valence electrons. The summed E-state index contributed by atoms with van der Waals surface area (Å²) in [7, 11) is 0. The fraction of sp³-hybridized carbons (Fsp3) is 0.0500. The lowest BCUT2D eigenvalue weighted by Gasteiger charge is -2.08. The first kappa shape index (κ1) is 24.6. The summed E-state index contributed by atoms with van der Waals surface area (Å²) >= 11 is 16.0. The molecule has 0 saturated carbocycles. The van der Waals surface area contributed by atoms with E-state index in [2.05, 4.69) is 20.1 Å². The molecule has 6 nitrogen and oxygen atoms in total. The van der Waals surface area contributed by atoms with Crippen LogP contribution in [0.1, 0.15) is 15.9 Å². The first-order chi connectivity index (χ1) is 15.6. The van der Waals surface area contributed by atoms with E-state index in [1.807, 2.05) is 0 Å². The van der Waals surface area contributed by atoms with Crippen molar-refractivity contribution in [1.82, 2.24) is 24.7 Å². The normalized spacial score (nSPS) is 11.0. The van der Waals surface area contributed by atoms with E-state index in [4.69, 9.17) is 34.8 Å². The lowest BCUT2D eigenvalue weighted by Crippen LogP contribution is -2.06. The highest BCUT2D eigenvalue weighted by Gasteiger charge is 2.30. The van der Waals surface area contributed by atoms with Crippen molar-refractivity contribution in [1.29, 1.82) is 0 Å². The van der Waals surface area contributed by atoms with Crippen LogP contribution in [0.3, 0.4) is 0 Å². The van der Waals surface area contributed by atoms with E-state index < -0.39 is 17.6 Å². The quantitative estimate of drug-likeness (QED) is 0.234. The van der Waals surface area contributed by atoms with E-state index in [1.165, 1.54) is 47.3 Å². The number of nitrogens with zero attached hydrogens (tertiary/aromatic N) is 5. The van der Waals surface area contributed by atoms with Gasteiger partial charge in [-0.05, 0) is 77.3 Å². The smallest absolute Gasteiger partial charge is 0.298 e. The van der Waals surface area contributed by atoms with Gasteiger partial charge in [0.05, 0.1) is 16.8 Å². The van der Waals surface area contributed by atoms with Gasteiger partial charge in [0, 0.05) is 11.8 Å². The molecule has 0 aliphatic rings. The minimum absolute atomic E-state index is 0.000000000000000444. The average Bonchev–Trinajstić information content (AvgIpc) is 3.18. The van der Waals surface area contributed by atoms with Crippen LogP contribution in [0.2, 0.25) is 15.9 Å². The van der Waals surface area contributed by atoms with Crippen molar-refractivity contribution in [2.75, 3.05) is 0 Å². The maximum atomic E-state index is 13.0. The van der Waals surface area contributed by atoms with Crippen molar-refractivity contribution < 1.29 is 22.4 Å². The molecule has 13 heteroatoms. The zero-order valence-electron chi connectivity index (χ0n) is 16.1. The Labute approximate surface area is 198 Å². The number of alkyl halides is 3. The molecule has 0 aliphatic carbocycles. The van der Waals surface area contributed by atoms with Crippen LogP contribution in [0.4, 0.5) is 17.6 Å². The maximum Gasteiger partial charge on any atom is 0.416 e. The van der Waals surface area contributed by atoms with E-state index in [0.717, 1.165) is 12.1 Å². The number of aldehydes is 1. The Hall–Kier alpha value is -3.08. The Morgan fingerprint density at radius 2 is 1.45 bits per heavy atom. The highest BCUT2D eigenvalue weighted by atomic mass is 35.5. The number of hydrogen-bond donors (Lipinski definition) is 0. The SMILES string of the molecule is Clc1nc(Cl)nc(Cl)n1.O=Cc1cn(-c2cccc(C(F)(F)F)c2)nc1-c1ccc(F)cc1. The van der Waals surface area contributed by atoms with E-state index in [0.29, 0.717) is 11.8 Å². The summed E-state index contributed by atoms with van der Waals surface area (Å²) in [5.74, 6) is -0.441.